The first-order valence-corrected chi connectivity index (χ1v) is 10.6. The van der Waals surface area contributed by atoms with E-state index in [1.54, 1.807) is 29.1 Å². The van der Waals surface area contributed by atoms with E-state index < -0.39 is 0 Å². The van der Waals surface area contributed by atoms with Crippen molar-refractivity contribution < 1.29 is 13.7 Å². The molecule has 1 aliphatic rings. The summed E-state index contributed by atoms with van der Waals surface area (Å²) in [5.41, 5.74) is 1.80. The molecule has 2 aromatic carbocycles. The zero-order valence-corrected chi connectivity index (χ0v) is 17.4. The molecule has 3 heterocycles. The summed E-state index contributed by atoms with van der Waals surface area (Å²) in [4.78, 5) is 19.4. The molecular weight excluding hydrogens is 409 g/mol. The van der Waals surface area contributed by atoms with Gasteiger partial charge in [0.15, 0.2) is 0 Å². The molecule has 32 heavy (non-hydrogen) atoms. The summed E-state index contributed by atoms with van der Waals surface area (Å²) in [7, 11) is 0. The molecule has 1 aliphatic heterocycles. The van der Waals surface area contributed by atoms with Gasteiger partial charge in [-0.1, -0.05) is 23.4 Å². The fourth-order valence-electron chi connectivity index (χ4n) is 4.14. The summed E-state index contributed by atoms with van der Waals surface area (Å²) in [5, 5.41) is 8.17. The second kappa shape index (κ2) is 8.74. The van der Waals surface area contributed by atoms with Gasteiger partial charge in [0.05, 0.1) is 11.3 Å². The predicted molar refractivity (Wildman–Crippen MR) is 116 cm³/mol. The number of piperidine rings is 1. The quantitative estimate of drug-likeness (QED) is 0.474. The fourth-order valence-corrected chi connectivity index (χ4v) is 4.14. The number of carbonyl (C=O) groups excluding carboxylic acids is 1. The van der Waals surface area contributed by atoms with Crippen LogP contribution in [-0.2, 0) is 6.42 Å². The Balaban J connectivity index is 1.27. The van der Waals surface area contributed by atoms with E-state index in [1.807, 2.05) is 41.4 Å². The summed E-state index contributed by atoms with van der Waals surface area (Å²) in [6.07, 6.45) is 5.98. The Morgan fingerprint density at radius 2 is 2.06 bits per heavy atom. The van der Waals surface area contributed by atoms with Crippen LogP contribution in [0.15, 0.2) is 71.5 Å². The van der Waals surface area contributed by atoms with Gasteiger partial charge in [0, 0.05) is 37.5 Å². The van der Waals surface area contributed by atoms with E-state index in [2.05, 4.69) is 15.2 Å². The maximum absolute atomic E-state index is 14.0. The minimum Gasteiger partial charge on any atom is -0.339 e. The van der Waals surface area contributed by atoms with Gasteiger partial charge >= 0.3 is 0 Å². The first-order chi connectivity index (χ1) is 15.7. The third kappa shape index (κ3) is 4.16. The van der Waals surface area contributed by atoms with Crippen molar-refractivity contribution in [1.82, 2.24) is 24.8 Å². The summed E-state index contributed by atoms with van der Waals surface area (Å²) in [5.74, 6) is 0.532. The number of benzene rings is 2. The number of halogens is 1. The monoisotopic (exact) mass is 431 g/mol. The SMILES string of the molecule is O=C(c1cccc(-n2cccn2)c1)N1CCC[C@H](Cc2nc(-c3ccccc3F)no2)C1. The number of hydrogen-bond donors (Lipinski definition) is 0. The molecule has 4 aromatic rings. The summed E-state index contributed by atoms with van der Waals surface area (Å²) < 4.78 is 21.1. The van der Waals surface area contributed by atoms with Gasteiger partial charge in [-0.05, 0) is 55.2 Å². The number of hydrogen-bond acceptors (Lipinski definition) is 5. The predicted octanol–water partition coefficient (Wildman–Crippen LogP) is 4.16. The Kier molecular flexibility index (Phi) is 5.49. The van der Waals surface area contributed by atoms with Crippen LogP contribution in [0.1, 0.15) is 29.1 Å². The Hall–Kier alpha value is -3.81. The molecule has 1 atom stereocenters. The second-order valence-electron chi connectivity index (χ2n) is 7.96. The number of aromatic nitrogens is 4. The van der Waals surface area contributed by atoms with Crippen LogP contribution >= 0.6 is 0 Å². The van der Waals surface area contributed by atoms with Crippen molar-refractivity contribution in [1.29, 1.82) is 0 Å². The fraction of sp³-hybridized carbons (Fsp3) is 0.250. The van der Waals surface area contributed by atoms with E-state index >= 15 is 0 Å². The molecule has 1 saturated heterocycles. The van der Waals surface area contributed by atoms with Crippen LogP contribution in [0.4, 0.5) is 4.39 Å². The van der Waals surface area contributed by atoms with Crippen molar-refractivity contribution in [2.24, 2.45) is 5.92 Å². The summed E-state index contributed by atoms with van der Waals surface area (Å²) in [6, 6.07) is 15.7. The van der Waals surface area contributed by atoms with Crippen LogP contribution in [0.25, 0.3) is 17.1 Å². The van der Waals surface area contributed by atoms with Crippen LogP contribution in [0.5, 0.6) is 0 Å². The van der Waals surface area contributed by atoms with Crippen molar-refractivity contribution in [3.05, 3.63) is 84.3 Å². The molecule has 5 rings (SSSR count). The topological polar surface area (TPSA) is 77.1 Å². The van der Waals surface area contributed by atoms with Crippen molar-refractivity contribution in [2.75, 3.05) is 13.1 Å². The molecule has 0 saturated carbocycles. The average molecular weight is 431 g/mol. The lowest BCUT2D eigenvalue weighted by Crippen LogP contribution is -2.40. The van der Waals surface area contributed by atoms with Gasteiger partial charge in [-0.15, -0.1) is 0 Å². The number of nitrogens with zero attached hydrogens (tertiary/aromatic N) is 5. The van der Waals surface area contributed by atoms with Crippen molar-refractivity contribution in [3.63, 3.8) is 0 Å². The first kappa shape index (κ1) is 20.1. The normalized spacial score (nSPS) is 16.3. The molecule has 8 heteroatoms. The van der Waals surface area contributed by atoms with Crippen LogP contribution in [0.3, 0.4) is 0 Å². The van der Waals surface area contributed by atoms with E-state index in [1.165, 1.54) is 6.07 Å². The molecule has 0 radical (unpaired) electrons. The maximum atomic E-state index is 14.0. The van der Waals surface area contributed by atoms with Crippen LogP contribution < -0.4 is 0 Å². The summed E-state index contributed by atoms with van der Waals surface area (Å²) in [6.45, 7) is 1.33. The molecule has 162 valence electrons. The molecule has 2 aromatic heterocycles. The Morgan fingerprint density at radius 1 is 1.16 bits per heavy atom. The lowest BCUT2D eigenvalue weighted by Gasteiger charge is -2.32. The van der Waals surface area contributed by atoms with Crippen molar-refractivity contribution in [2.45, 2.75) is 19.3 Å². The largest absolute Gasteiger partial charge is 0.339 e. The Bertz CT molecular complexity index is 1220. The third-order valence-corrected chi connectivity index (χ3v) is 5.71. The number of carbonyl (C=O) groups is 1. The third-order valence-electron chi connectivity index (χ3n) is 5.71. The van der Waals surface area contributed by atoms with E-state index in [4.69, 9.17) is 4.52 Å². The zero-order valence-electron chi connectivity index (χ0n) is 17.4. The van der Waals surface area contributed by atoms with E-state index in [0.29, 0.717) is 36.5 Å². The highest BCUT2D eigenvalue weighted by Crippen LogP contribution is 2.24. The van der Waals surface area contributed by atoms with Gasteiger partial charge in [-0.2, -0.15) is 10.1 Å². The Morgan fingerprint density at radius 3 is 2.91 bits per heavy atom. The maximum Gasteiger partial charge on any atom is 0.253 e. The molecule has 0 aliphatic carbocycles. The van der Waals surface area contributed by atoms with E-state index in [-0.39, 0.29) is 23.5 Å². The highest BCUT2D eigenvalue weighted by atomic mass is 19.1. The highest BCUT2D eigenvalue weighted by Gasteiger charge is 2.26. The number of likely N-dealkylation sites (tertiary alicyclic amines) is 1. The molecule has 0 spiro atoms. The lowest BCUT2D eigenvalue weighted by atomic mass is 9.94. The van der Waals surface area contributed by atoms with Crippen LogP contribution in [-0.4, -0.2) is 43.8 Å². The lowest BCUT2D eigenvalue weighted by molar-refractivity contribution is 0.0668. The second-order valence-corrected chi connectivity index (χ2v) is 7.96. The van der Waals surface area contributed by atoms with Gasteiger partial charge in [0.25, 0.3) is 5.91 Å². The van der Waals surface area contributed by atoms with E-state index in [0.717, 1.165) is 18.5 Å². The molecule has 0 unspecified atom stereocenters. The molecule has 0 bridgehead atoms. The molecular formula is C24H22FN5O2. The molecule has 1 amide bonds. The van der Waals surface area contributed by atoms with Gasteiger partial charge < -0.3 is 9.42 Å². The van der Waals surface area contributed by atoms with Gasteiger partial charge in [-0.25, -0.2) is 9.07 Å². The first-order valence-electron chi connectivity index (χ1n) is 10.6. The molecule has 7 nitrogen and oxygen atoms in total. The smallest absolute Gasteiger partial charge is 0.253 e. The highest BCUT2D eigenvalue weighted by molar-refractivity contribution is 5.94. The Labute approximate surface area is 184 Å². The standard InChI is InChI=1S/C24H22FN5O2/c25-21-10-2-1-9-20(21)23-27-22(32-28-23)14-17-6-4-12-29(16-17)24(31)18-7-3-8-19(15-18)30-13-5-11-26-30/h1-3,5,7-11,13,15,17H,4,6,12,14,16H2/t17-/m1/s1. The molecule has 0 N–H and O–H groups in total. The average Bonchev–Trinajstić information content (AvgIpc) is 3.52. The van der Waals surface area contributed by atoms with Gasteiger partial charge in [-0.3, -0.25) is 4.79 Å². The number of rotatable bonds is 5. The van der Waals surface area contributed by atoms with Gasteiger partial charge in [0.2, 0.25) is 11.7 Å². The minimum atomic E-state index is -0.383. The van der Waals surface area contributed by atoms with Gasteiger partial charge in [0.1, 0.15) is 5.82 Å². The zero-order chi connectivity index (χ0) is 21.9. The summed E-state index contributed by atoms with van der Waals surface area (Å²) >= 11 is 0. The number of amides is 1. The van der Waals surface area contributed by atoms with Crippen molar-refractivity contribution in [3.8, 4) is 17.1 Å². The van der Waals surface area contributed by atoms with Crippen LogP contribution in [0.2, 0.25) is 0 Å². The van der Waals surface area contributed by atoms with Crippen LogP contribution in [0, 0.1) is 11.7 Å². The van der Waals surface area contributed by atoms with Crippen molar-refractivity contribution >= 4 is 5.91 Å². The van der Waals surface area contributed by atoms with E-state index in [9.17, 15) is 9.18 Å². The minimum absolute atomic E-state index is 0.00119. The molecule has 1 fully saturated rings.